The van der Waals surface area contributed by atoms with Gasteiger partial charge in [-0.05, 0) is 18.9 Å². The van der Waals surface area contributed by atoms with Crippen LogP contribution in [-0.4, -0.2) is 37.2 Å². The van der Waals surface area contributed by atoms with Gasteiger partial charge in [-0.3, -0.25) is 4.79 Å². The number of hydrogen-bond donors (Lipinski definition) is 4. The number of nitrogens with one attached hydrogen (secondary N) is 2. The Kier molecular flexibility index (Phi) is 6.38. The van der Waals surface area contributed by atoms with E-state index >= 15 is 0 Å². The van der Waals surface area contributed by atoms with Crippen LogP contribution in [-0.2, 0) is 0 Å². The van der Waals surface area contributed by atoms with Crippen LogP contribution >= 0.6 is 0 Å². The maximum Gasteiger partial charge on any atom is 0.252 e. The lowest BCUT2D eigenvalue weighted by Crippen LogP contribution is -2.43. The summed E-state index contributed by atoms with van der Waals surface area (Å²) in [6, 6.07) is 6.00. The molecule has 0 saturated heterocycles. The summed E-state index contributed by atoms with van der Waals surface area (Å²) < 4.78 is 25.1. The highest BCUT2D eigenvalue weighted by atomic mass is 19.1. The molecule has 9 heteroatoms. The third-order valence-corrected chi connectivity index (χ3v) is 5.00. The molecule has 8 nitrogen and oxygen atoms in total. The molecule has 0 unspecified atom stereocenters. The second kappa shape index (κ2) is 8.95. The van der Waals surface area contributed by atoms with Crippen LogP contribution in [0.2, 0.25) is 0 Å². The van der Waals surface area contributed by atoms with E-state index in [9.17, 15) is 9.18 Å². The second-order valence-corrected chi connectivity index (χ2v) is 7.00. The Morgan fingerprint density at radius 2 is 1.76 bits per heavy atom. The number of halogens is 1. The Hall–Kier alpha value is -3.07. The minimum atomic E-state index is -0.797. The number of carbonyl (C=O) groups is 1. The zero-order chi connectivity index (χ0) is 21.0. The van der Waals surface area contributed by atoms with Crippen molar-refractivity contribution in [1.82, 2.24) is 4.98 Å². The van der Waals surface area contributed by atoms with Gasteiger partial charge in [0.05, 0.1) is 19.8 Å². The normalized spacial score (nSPS) is 18.8. The van der Waals surface area contributed by atoms with Gasteiger partial charge in [-0.2, -0.15) is 0 Å². The molecule has 29 heavy (non-hydrogen) atoms. The molecule has 1 fully saturated rings. The summed E-state index contributed by atoms with van der Waals surface area (Å²) in [6.45, 7) is 0. The largest absolute Gasteiger partial charge is 0.497 e. The Labute approximate surface area is 168 Å². The first-order valence-corrected chi connectivity index (χ1v) is 9.43. The number of ether oxygens (including phenoxy) is 2. The molecular formula is C20H26FN5O3. The Bertz CT molecular complexity index is 870. The number of rotatable bonds is 7. The first kappa shape index (κ1) is 20.7. The number of amides is 1. The zero-order valence-electron chi connectivity index (χ0n) is 16.5. The van der Waals surface area contributed by atoms with Crippen LogP contribution in [0.5, 0.6) is 11.5 Å². The number of pyridine rings is 1. The van der Waals surface area contributed by atoms with E-state index in [-0.39, 0.29) is 29.3 Å². The lowest BCUT2D eigenvalue weighted by atomic mass is 9.91. The van der Waals surface area contributed by atoms with E-state index in [0.29, 0.717) is 17.2 Å². The summed E-state index contributed by atoms with van der Waals surface area (Å²) in [6.07, 6.45) is 3.77. The van der Waals surface area contributed by atoms with Gasteiger partial charge in [-0.25, -0.2) is 9.37 Å². The van der Waals surface area contributed by atoms with E-state index in [1.807, 2.05) is 0 Å². The van der Waals surface area contributed by atoms with Crippen LogP contribution in [0, 0.1) is 5.82 Å². The fourth-order valence-electron chi connectivity index (χ4n) is 3.40. The molecule has 1 saturated carbocycles. The fraction of sp³-hybridized carbons (Fsp3) is 0.400. The van der Waals surface area contributed by atoms with Crippen LogP contribution in [0.1, 0.15) is 36.0 Å². The molecule has 1 aliphatic rings. The smallest absolute Gasteiger partial charge is 0.252 e. The van der Waals surface area contributed by atoms with Gasteiger partial charge < -0.3 is 31.6 Å². The summed E-state index contributed by atoms with van der Waals surface area (Å²) in [4.78, 5) is 16.1. The molecule has 1 aromatic carbocycles. The molecule has 0 bridgehead atoms. The molecular weight excluding hydrogens is 377 g/mol. The number of anilines is 3. The molecule has 2 atom stereocenters. The predicted octanol–water partition coefficient (Wildman–Crippen LogP) is 2.76. The van der Waals surface area contributed by atoms with Crippen LogP contribution in [0.4, 0.5) is 21.7 Å². The molecule has 0 aliphatic heterocycles. The van der Waals surface area contributed by atoms with Gasteiger partial charge in [0.2, 0.25) is 0 Å². The average molecular weight is 403 g/mol. The number of primary amides is 1. The summed E-state index contributed by atoms with van der Waals surface area (Å²) in [5, 5.41) is 6.09. The standard InChI is InChI=1S/C20H26FN5O3/c1-28-12-7-11(8-13(9-12)29-2)24-19-14(18(23)27)10-15(21)20(26-19)25-17-6-4-3-5-16(17)22/h7-10,16-17H,3-6,22H2,1-2H3,(H2,23,27)(H2,24,25,26)/t16-,17+/m0/s1. The highest BCUT2D eigenvalue weighted by Crippen LogP contribution is 2.30. The third-order valence-electron chi connectivity index (χ3n) is 5.00. The number of carbonyl (C=O) groups excluding carboxylic acids is 1. The topological polar surface area (TPSA) is 125 Å². The lowest BCUT2D eigenvalue weighted by molar-refractivity contribution is 0.100. The van der Waals surface area contributed by atoms with E-state index in [1.165, 1.54) is 14.2 Å². The number of hydrogen-bond acceptors (Lipinski definition) is 7. The van der Waals surface area contributed by atoms with Gasteiger partial charge >= 0.3 is 0 Å². The first-order chi connectivity index (χ1) is 13.9. The van der Waals surface area contributed by atoms with Crippen molar-refractivity contribution in [2.24, 2.45) is 11.5 Å². The molecule has 2 aromatic rings. The molecule has 0 spiro atoms. The number of nitrogens with zero attached hydrogens (tertiary/aromatic N) is 1. The van der Waals surface area contributed by atoms with E-state index in [0.717, 1.165) is 31.7 Å². The summed E-state index contributed by atoms with van der Waals surface area (Å²) >= 11 is 0. The predicted molar refractivity (Wildman–Crippen MR) is 109 cm³/mol. The second-order valence-electron chi connectivity index (χ2n) is 7.00. The molecule has 1 aromatic heterocycles. The third kappa shape index (κ3) is 4.86. The van der Waals surface area contributed by atoms with Gasteiger partial charge in [-0.1, -0.05) is 12.8 Å². The minimum Gasteiger partial charge on any atom is -0.497 e. The van der Waals surface area contributed by atoms with Crippen molar-refractivity contribution in [3.63, 3.8) is 0 Å². The zero-order valence-corrected chi connectivity index (χ0v) is 16.5. The Morgan fingerprint density at radius 3 is 2.34 bits per heavy atom. The van der Waals surface area contributed by atoms with E-state index in [4.69, 9.17) is 20.9 Å². The van der Waals surface area contributed by atoms with Crippen molar-refractivity contribution >= 4 is 23.2 Å². The quantitative estimate of drug-likeness (QED) is 0.560. The van der Waals surface area contributed by atoms with E-state index in [1.54, 1.807) is 18.2 Å². The van der Waals surface area contributed by atoms with Gasteiger partial charge in [0.25, 0.3) is 5.91 Å². The lowest BCUT2D eigenvalue weighted by Gasteiger charge is -2.30. The maximum atomic E-state index is 14.6. The van der Waals surface area contributed by atoms with Crippen LogP contribution in [0.3, 0.4) is 0 Å². The van der Waals surface area contributed by atoms with Crippen LogP contribution in [0.25, 0.3) is 0 Å². The first-order valence-electron chi connectivity index (χ1n) is 9.43. The molecule has 6 N–H and O–H groups in total. The number of aromatic nitrogens is 1. The highest BCUT2D eigenvalue weighted by molar-refractivity contribution is 5.98. The number of methoxy groups -OCH3 is 2. The van der Waals surface area contributed by atoms with Crippen molar-refractivity contribution in [2.75, 3.05) is 24.9 Å². The summed E-state index contributed by atoms with van der Waals surface area (Å²) in [7, 11) is 3.05. The molecule has 0 radical (unpaired) electrons. The molecule has 1 amide bonds. The SMILES string of the molecule is COc1cc(Nc2nc(N[C@@H]3CCCC[C@@H]3N)c(F)cc2C(N)=O)cc(OC)c1. The monoisotopic (exact) mass is 403 g/mol. The summed E-state index contributed by atoms with van der Waals surface area (Å²) in [5.41, 5.74) is 12.1. The van der Waals surface area contributed by atoms with Gasteiger partial charge in [0.15, 0.2) is 11.6 Å². The van der Waals surface area contributed by atoms with Crippen molar-refractivity contribution in [3.8, 4) is 11.5 Å². The van der Waals surface area contributed by atoms with E-state index < -0.39 is 11.7 Å². The molecule has 1 aliphatic carbocycles. The Balaban J connectivity index is 1.95. The number of nitrogens with two attached hydrogens (primary N) is 2. The fourth-order valence-corrected chi connectivity index (χ4v) is 3.40. The Morgan fingerprint density at radius 1 is 1.10 bits per heavy atom. The van der Waals surface area contributed by atoms with Gasteiger partial charge in [0, 0.05) is 36.0 Å². The van der Waals surface area contributed by atoms with Crippen molar-refractivity contribution in [1.29, 1.82) is 0 Å². The summed E-state index contributed by atoms with van der Waals surface area (Å²) in [5.74, 6) is -0.224. The highest BCUT2D eigenvalue weighted by Gasteiger charge is 2.24. The van der Waals surface area contributed by atoms with Crippen molar-refractivity contribution in [3.05, 3.63) is 35.6 Å². The molecule has 1 heterocycles. The van der Waals surface area contributed by atoms with Crippen LogP contribution < -0.4 is 31.6 Å². The van der Waals surface area contributed by atoms with Gasteiger partial charge in [0.1, 0.15) is 17.3 Å². The van der Waals surface area contributed by atoms with Crippen LogP contribution in [0.15, 0.2) is 24.3 Å². The molecule has 3 rings (SSSR count). The minimum absolute atomic E-state index is 0.0229. The van der Waals surface area contributed by atoms with Gasteiger partial charge in [-0.15, -0.1) is 0 Å². The van der Waals surface area contributed by atoms with Crippen molar-refractivity contribution in [2.45, 2.75) is 37.8 Å². The van der Waals surface area contributed by atoms with Crippen molar-refractivity contribution < 1.29 is 18.7 Å². The van der Waals surface area contributed by atoms with E-state index in [2.05, 4.69) is 15.6 Å². The molecule has 156 valence electrons. The maximum absolute atomic E-state index is 14.6. The average Bonchev–Trinajstić information content (AvgIpc) is 2.71. The number of benzene rings is 1.